The van der Waals surface area contributed by atoms with Gasteiger partial charge in [0.25, 0.3) is 0 Å². The fourth-order valence-electron chi connectivity index (χ4n) is 21.8. The second-order valence-electron chi connectivity index (χ2n) is 20.5. The van der Waals surface area contributed by atoms with Gasteiger partial charge in [-0.2, -0.15) is 0 Å². The first kappa shape index (κ1) is 31.3. The molecule has 0 aliphatic carbocycles. The number of unbranched alkanes of at least 4 members (excludes halogenated alkanes) is 4. The maximum atomic E-state index is 2.73. The molecule has 0 bridgehead atoms. The molecule has 4 unspecified atom stereocenters. The predicted octanol–water partition coefficient (Wildman–Crippen LogP) is 12.8. The Kier molecular flexibility index (Phi) is 3.82. The van der Waals surface area contributed by atoms with E-state index in [9.17, 15) is 0 Å². The average molecular weight is 782 g/mol. The van der Waals surface area contributed by atoms with Crippen molar-refractivity contribution in [1.29, 1.82) is 0 Å². The van der Waals surface area contributed by atoms with Gasteiger partial charge in [0.1, 0.15) is 0 Å². The SMILES string of the molecule is CCCCc1ccccc1P(c1ccccc1CCCC)[C]12[CH]3[CH]4[CH]5[C]1(P(c1ccccc1CCCC)c1ccccc1CCCC)[Ni]43521678[CH]2[CH]1[CH]6[CH]7[CH]28. The first-order chi connectivity index (χ1) is 25.9. The van der Waals surface area contributed by atoms with E-state index >= 15 is 0 Å². The summed E-state index contributed by atoms with van der Waals surface area (Å²) in [6.45, 7) is 9.63. The Bertz CT molecular complexity index is 2330. The van der Waals surface area contributed by atoms with Crippen molar-refractivity contribution in [2.24, 2.45) is 0 Å². The number of benzene rings is 4. The quantitative estimate of drug-likeness (QED) is 0.0697. The Morgan fingerprint density at radius 2 is 0.660 bits per heavy atom. The van der Waals surface area contributed by atoms with Crippen LogP contribution < -0.4 is 21.2 Å². The molecule has 0 radical (unpaired) electrons. The Labute approximate surface area is 313 Å². The molecule has 0 N–H and O–H groups in total. The van der Waals surface area contributed by atoms with Crippen molar-refractivity contribution in [3.8, 4) is 0 Å². The first-order valence-electron chi connectivity index (χ1n) is 21.8. The van der Waals surface area contributed by atoms with E-state index in [0.29, 0.717) is 8.25 Å². The number of hydrogen-bond acceptors (Lipinski definition) is 0. The summed E-state index contributed by atoms with van der Waals surface area (Å²) >= 11 is 0. The monoisotopic (exact) mass is 780 g/mol. The van der Waals surface area contributed by atoms with Crippen LogP contribution in [0, 0.1) is 0 Å². The molecule has 14 rings (SSSR count). The van der Waals surface area contributed by atoms with Crippen molar-refractivity contribution in [1.82, 2.24) is 0 Å². The number of rotatable bonds is 18. The zero-order chi connectivity index (χ0) is 35.5. The van der Waals surface area contributed by atoms with E-state index in [1.54, 1.807) is 22.3 Å². The van der Waals surface area contributed by atoms with Crippen molar-refractivity contribution in [2.45, 2.75) is 152 Å². The van der Waals surface area contributed by atoms with Gasteiger partial charge >= 0.3 is 315 Å². The molecule has 1 spiro atoms. The molecule has 4 aromatic carbocycles. The van der Waals surface area contributed by atoms with E-state index in [4.69, 9.17) is 0 Å². The predicted molar refractivity (Wildman–Crippen MR) is 228 cm³/mol. The van der Waals surface area contributed by atoms with Gasteiger partial charge in [-0.1, -0.05) is 0 Å². The van der Waals surface area contributed by atoms with Crippen molar-refractivity contribution in [3.63, 3.8) is 0 Å². The molecule has 4 aromatic rings. The summed E-state index contributed by atoms with van der Waals surface area (Å²) in [5.74, 6) is 0. The number of fused-ring (bicyclic) bond motifs is 10. The topological polar surface area (TPSA) is 0 Å². The molecule has 10 aliphatic rings. The van der Waals surface area contributed by atoms with Crippen LogP contribution >= 0.6 is 15.8 Å². The van der Waals surface area contributed by atoms with Crippen LogP contribution in [-0.4, -0.2) is 8.25 Å². The molecule has 10 aliphatic heterocycles. The summed E-state index contributed by atoms with van der Waals surface area (Å²) in [5, 5.41) is 7.49. The maximum absolute atomic E-state index is 3.91. The third kappa shape index (κ3) is 1.19. The van der Waals surface area contributed by atoms with Crippen LogP contribution in [0.2, 0.25) is 39.1 Å². The molecule has 3 heteroatoms. The molecule has 0 saturated carbocycles. The van der Waals surface area contributed by atoms with Crippen molar-refractivity contribution < 1.29 is 6.23 Å². The Balaban J connectivity index is 1.08. The molecule has 10 heterocycles. The summed E-state index contributed by atoms with van der Waals surface area (Å²) < 4.78 is 1.35. The Morgan fingerprint density at radius 3 is 0.887 bits per heavy atom. The van der Waals surface area contributed by atoms with Crippen LogP contribution in [0.1, 0.15) is 101 Å². The van der Waals surface area contributed by atoms with Gasteiger partial charge in [0.15, 0.2) is 0 Å². The molecule has 4 atom stereocenters. The average Bonchev–Trinajstić information content (AvgIpc) is 4.16. The first-order valence-corrected chi connectivity index (χ1v) is 30.1. The summed E-state index contributed by atoms with van der Waals surface area (Å²) in [5.41, 5.74) is 6.97. The van der Waals surface area contributed by atoms with Crippen LogP contribution in [0.4, 0.5) is 0 Å². The molecule has 0 aromatic heterocycles. The third-order valence-corrected chi connectivity index (χ3v) is 73.9. The van der Waals surface area contributed by atoms with Crippen LogP contribution in [0.5, 0.6) is 0 Å². The van der Waals surface area contributed by atoms with Gasteiger partial charge in [-0.25, -0.2) is 0 Å². The molecule has 10 saturated heterocycles. The Hall–Kier alpha value is -1.77. The van der Waals surface area contributed by atoms with Gasteiger partial charge in [0.2, 0.25) is 0 Å². The minimum atomic E-state index is -3.91. The molecule has 0 amide bonds. The van der Waals surface area contributed by atoms with Crippen molar-refractivity contribution in [3.05, 3.63) is 119 Å². The van der Waals surface area contributed by atoms with Gasteiger partial charge in [-0.15, -0.1) is 0 Å². The van der Waals surface area contributed by atoms with Gasteiger partial charge in [0.05, 0.1) is 0 Å². The van der Waals surface area contributed by atoms with Gasteiger partial charge < -0.3 is 0 Å². The fraction of sp³-hybridized carbons (Fsp3) is 0.520. The van der Waals surface area contributed by atoms with Gasteiger partial charge in [-0.05, 0) is 0 Å². The second kappa shape index (κ2) is 6.47. The summed E-state index contributed by atoms with van der Waals surface area (Å²) in [6, 6.07) is 40.9. The van der Waals surface area contributed by atoms with Crippen LogP contribution in [0.3, 0.4) is 0 Å². The summed E-state index contributed by atoms with van der Waals surface area (Å²) in [6.07, 6.45) is 11.6. The van der Waals surface area contributed by atoms with E-state index in [2.05, 4.69) is 125 Å². The van der Waals surface area contributed by atoms with E-state index in [-0.39, 0.29) is 0 Å². The standard InChI is InChI=1S/C45H55P2.C5H5.Ni/c1-5-9-22-36-26-13-17-30-40(36)46(41-31-18-14-27-37(41)23-10-6-2)44-34-21-35-45(44)47(42-32-19-15-28-38(42)24-11-7-3)43-33-20-16-29-39(43)25-12-8-4;1-2-4-5-3-1;/h13-21,26-35H,5-12,22-25H2,1-4H3;1-5H;. The number of hydrogen-bond donors (Lipinski definition) is 0. The van der Waals surface area contributed by atoms with Crippen molar-refractivity contribution >= 4 is 37.1 Å². The van der Waals surface area contributed by atoms with E-state index in [1.807, 2.05) is 21.2 Å². The summed E-state index contributed by atoms with van der Waals surface area (Å²) in [4.78, 5) is 9.95. The summed E-state index contributed by atoms with van der Waals surface area (Å²) in [7, 11) is -0.871. The number of aryl methyl sites for hydroxylation is 4. The zero-order valence-electron chi connectivity index (χ0n) is 32.6. The van der Waals surface area contributed by atoms with Crippen molar-refractivity contribution in [2.75, 3.05) is 0 Å². The van der Waals surface area contributed by atoms with Gasteiger partial charge in [-0.3, -0.25) is 0 Å². The molecular weight excluding hydrogens is 721 g/mol. The zero-order valence-corrected chi connectivity index (χ0v) is 35.3. The normalized spacial score (nSPS) is 47.7. The second-order valence-corrected chi connectivity index (χ2v) is 46.6. The van der Waals surface area contributed by atoms with E-state index < -0.39 is 22.1 Å². The molecule has 10 fully saturated rings. The van der Waals surface area contributed by atoms with Crippen LogP contribution in [0.15, 0.2) is 97.1 Å². The molecule has 280 valence electrons. The van der Waals surface area contributed by atoms with E-state index in [1.165, 1.54) is 116 Å². The van der Waals surface area contributed by atoms with Crippen LogP contribution in [0.25, 0.3) is 0 Å². The Morgan fingerprint density at radius 1 is 0.396 bits per heavy atom. The van der Waals surface area contributed by atoms with Crippen LogP contribution in [-0.2, 0) is 31.9 Å². The molecule has 53 heavy (non-hydrogen) atoms. The fourth-order valence-corrected chi connectivity index (χ4v) is 114. The third-order valence-electron chi connectivity index (χ3n) is 22.1. The molecular formula is C50H60NiP2. The molecule has 0 nitrogen and oxygen atoms in total. The minimum absolute atomic E-state index is 0.435. The van der Waals surface area contributed by atoms with E-state index in [0.717, 1.165) is 0 Å². The van der Waals surface area contributed by atoms with Gasteiger partial charge in [0, 0.05) is 0 Å².